The molecule has 0 aliphatic carbocycles. The van der Waals surface area contributed by atoms with E-state index in [-0.39, 0.29) is 61.4 Å². The molecule has 0 fully saturated rings. The summed E-state index contributed by atoms with van der Waals surface area (Å²) in [4.78, 5) is 0. The van der Waals surface area contributed by atoms with Gasteiger partial charge in [0.15, 0.2) is 0 Å². The van der Waals surface area contributed by atoms with Crippen LogP contribution < -0.4 is 24.8 Å². The van der Waals surface area contributed by atoms with Gasteiger partial charge < -0.3 is 30.3 Å². The van der Waals surface area contributed by atoms with Gasteiger partial charge in [-0.05, 0) is 0 Å². The Hall–Kier alpha value is 1.59. The van der Waals surface area contributed by atoms with E-state index in [1.165, 1.54) is 0 Å². The predicted octanol–water partition coefficient (Wildman–Crippen LogP) is -6.82. The molecule has 0 radical (unpaired) electrons. The zero-order valence-corrected chi connectivity index (χ0v) is 7.43. The summed E-state index contributed by atoms with van der Waals surface area (Å²) in [6, 6.07) is 0. The van der Waals surface area contributed by atoms with Gasteiger partial charge in [-0.3, -0.25) is 0 Å². The Morgan fingerprint density at radius 3 is 0.750 bits per heavy atom. The normalized spacial score (nSPS) is 0. The van der Waals surface area contributed by atoms with Gasteiger partial charge in [0.2, 0.25) is 0 Å². The second-order valence-corrected chi connectivity index (χ2v) is 0. The summed E-state index contributed by atoms with van der Waals surface area (Å²) < 4.78 is 0. The van der Waals surface area contributed by atoms with Gasteiger partial charge in [0.05, 0.1) is 0 Å². The van der Waals surface area contributed by atoms with Crippen molar-refractivity contribution in [1.82, 2.24) is 0 Å². The maximum atomic E-state index is 0. The third kappa shape index (κ3) is 9.52. The molecular formula is H2Cl2OU. The van der Waals surface area contributed by atoms with E-state index in [2.05, 4.69) is 0 Å². The quantitative estimate of drug-likeness (QED) is 0.424. The van der Waals surface area contributed by atoms with Crippen LogP contribution in [0.4, 0.5) is 0 Å². The molecule has 0 rings (SSSR count). The van der Waals surface area contributed by atoms with Crippen LogP contribution in [0.25, 0.3) is 0 Å². The molecule has 0 aromatic rings. The van der Waals surface area contributed by atoms with E-state index in [4.69, 9.17) is 0 Å². The summed E-state index contributed by atoms with van der Waals surface area (Å²) in [5, 5.41) is 0. The summed E-state index contributed by atoms with van der Waals surface area (Å²) in [7, 11) is 0. The summed E-state index contributed by atoms with van der Waals surface area (Å²) >= 11 is 0. The van der Waals surface area contributed by atoms with Crippen molar-refractivity contribution in [1.29, 1.82) is 0 Å². The molecule has 0 unspecified atom stereocenters. The molecule has 0 saturated carbocycles. The minimum Gasteiger partial charge on any atom is -1.00 e. The van der Waals surface area contributed by atoms with E-state index < -0.39 is 0 Å². The molecule has 0 amide bonds. The van der Waals surface area contributed by atoms with Crippen molar-refractivity contribution < 1.29 is 61.4 Å². The Kier molecular flexibility index (Phi) is 272. The standard InChI is InChI=1S/2ClH.H2O.U/h2*1H;1H2;/q;;;+2/p-2. The zero-order chi connectivity index (χ0) is 0. The SMILES string of the molecule is O.[Cl-].[Cl-].[U+2]. The minimum absolute atomic E-state index is 0. The van der Waals surface area contributed by atoms with E-state index in [1.807, 2.05) is 0 Å². The van der Waals surface area contributed by atoms with Gasteiger partial charge in [-0.15, -0.1) is 0 Å². The summed E-state index contributed by atoms with van der Waals surface area (Å²) in [6.07, 6.45) is 0. The Bertz CT molecular complexity index is 6.00. The summed E-state index contributed by atoms with van der Waals surface area (Å²) in [5.41, 5.74) is 0. The van der Waals surface area contributed by atoms with Crippen LogP contribution in [0.1, 0.15) is 0 Å². The summed E-state index contributed by atoms with van der Waals surface area (Å²) in [5.74, 6) is 0. The van der Waals surface area contributed by atoms with Crippen LogP contribution in [-0.4, -0.2) is 5.48 Å². The van der Waals surface area contributed by atoms with Gasteiger partial charge in [-0.2, -0.15) is 0 Å². The fraction of sp³-hybridized carbons (Fsp3) is 0. The molecule has 2 N–H and O–H groups in total. The Morgan fingerprint density at radius 1 is 0.750 bits per heavy atom. The van der Waals surface area contributed by atoms with Crippen LogP contribution in [0.5, 0.6) is 0 Å². The maximum absolute atomic E-state index is 0. The Morgan fingerprint density at radius 2 is 0.750 bits per heavy atom. The molecule has 1 nitrogen and oxygen atoms in total. The van der Waals surface area contributed by atoms with Gasteiger partial charge in [0.25, 0.3) is 0 Å². The van der Waals surface area contributed by atoms with Crippen molar-refractivity contribution in [3.8, 4) is 0 Å². The first kappa shape index (κ1) is 46.5. The van der Waals surface area contributed by atoms with E-state index >= 15 is 0 Å². The zero-order valence-electron chi connectivity index (χ0n) is 1.76. The number of rotatable bonds is 0. The monoisotopic (exact) mass is 326 g/mol. The van der Waals surface area contributed by atoms with Crippen molar-refractivity contribution >= 4 is 0 Å². The molecule has 0 atom stereocenters. The van der Waals surface area contributed by atoms with Gasteiger partial charge in [-0.25, -0.2) is 0 Å². The Labute approximate surface area is 61.0 Å². The fourth-order valence-corrected chi connectivity index (χ4v) is 0. The molecule has 0 bridgehead atoms. The minimum atomic E-state index is 0. The molecule has 0 aromatic heterocycles. The first-order valence-electron chi connectivity index (χ1n) is 0. The van der Waals surface area contributed by atoms with Gasteiger partial charge in [0.1, 0.15) is 0 Å². The van der Waals surface area contributed by atoms with Crippen molar-refractivity contribution in [2.45, 2.75) is 0 Å². The summed E-state index contributed by atoms with van der Waals surface area (Å²) in [6.45, 7) is 0. The van der Waals surface area contributed by atoms with Crippen molar-refractivity contribution in [3.05, 3.63) is 0 Å². The maximum Gasteiger partial charge on any atom is 2.00 e. The van der Waals surface area contributed by atoms with Gasteiger partial charge >= 0.3 is 31.1 Å². The molecular weight excluding hydrogens is 325 g/mol. The molecule has 26 valence electrons. The first-order valence-corrected chi connectivity index (χ1v) is 0. The average molecular weight is 327 g/mol. The molecule has 0 aromatic carbocycles. The van der Waals surface area contributed by atoms with E-state index in [0.29, 0.717) is 0 Å². The fourth-order valence-electron chi connectivity index (χ4n) is 0. The van der Waals surface area contributed by atoms with E-state index in [9.17, 15) is 0 Å². The molecule has 0 saturated heterocycles. The molecule has 0 heterocycles. The van der Waals surface area contributed by atoms with E-state index in [1.54, 1.807) is 0 Å². The second-order valence-electron chi connectivity index (χ2n) is 0. The van der Waals surface area contributed by atoms with Crippen LogP contribution in [-0.2, 0) is 0 Å². The van der Waals surface area contributed by atoms with Crippen LogP contribution in [0.15, 0.2) is 0 Å². The molecule has 0 aliphatic rings. The number of hydrogen-bond acceptors (Lipinski definition) is 0. The average Bonchev–Trinajstić information content (AvgIpc) is 0. The van der Waals surface area contributed by atoms with Crippen LogP contribution in [0.2, 0.25) is 0 Å². The molecule has 4 heavy (non-hydrogen) atoms. The first-order chi connectivity index (χ1) is 0. The Balaban J connectivity index is 0. The smallest absolute Gasteiger partial charge is 1.00 e. The van der Waals surface area contributed by atoms with Gasteiger partial charge in [0, 0.05) is 0 Å². The van der Waals surface area contributed by atoms with Crippen LogP contribution in [0, 0.1) is 31.1 Å². The number of halogens is 2. The largest absolute Gasteiger partial charge is 2.00 e. The predicted molar refractivity (Wildman–Crippen MR) is 3.61 cm³/mol. The van der Waals surface area contributed by atoms with Crippen molar-refractivity contribution in [3.63, 3.8) is 0 Å². The van der Waals surface area contributed by atoms with Crippen molar-refractivity contribution in [2.75, 3.05) is 0 Å². The topological polar surface area (TPSA) is 31.5 Å². The third-order valence-electron chi connectivity index (χ3n) is 0. The molecule has 4 heteroatoms. The number of hydrogen-bond donors (Lipinski definition) is 0. The van der Waals surface area contributed by atoms with Gasteiger partial charge in [-0.1, -0.05) is 0 Å². The van der Waals surface area contributed by atoms with E-state index in [0.717, 1.165) is 0 Å². The van der Waals surface area contributed by atoms with Crippen molar-refractivity contribution in [2.24, 2.45) is 0 Å². The third-order valence-corrected chi connectivity index (χ3v) is 0. The molecule has 0 spiro atoms. The van der Waals surface area contributed by atoms with Crippen LogP contribution >= 0.6 is 0 Å². The second kappa shape index (κ2) is 23.4. The molecule has 0 aliphatic heterocycles. The van der Waals surface area contributed by atoms with Crippen LogP contribution in [0.3, 0.4) is 0 Å².